The van der Waals surface area contributed by atoms with Gasteiger partial charge in [-0.15, -0.1) is 0 Å². The summed E-state index contributed by atoms with van der Waals surface area (Å²) >= 11 is 0. The number of aliphatic hydroxyl groups is 4. The maximum Gasteiger partial charge on any atom is 0.331 e. The van der Waals surface area contributed by atoms with Crippen molar-refractivity contribution in [2.75, 3.05) is 0 Å². The van der Waals surface area contributed by atoms with Crippen LogP contribution in [-0.4, -0.2) is 56.9 Å². The second kappa shape index (κ2) is 17.6. The Hall–Kier alpha value is -1.99. The number of carbonyl (C=O) groups is 1. The third-order valence-corrected chi connectivity index (χ3v) is 7.78. The lowest BCUT2D eigenvalue weighted by molar-refractivity contribution is -0.150. The summed E-state index contributed by atoms with van der Waals surface area (Å²) in [6, 6.07) is 0. The standard InChI is InChI=1S/C32H52O6/c1-8-9-12-24(5)32-26(7)28(34)18-15-21(2)19-25(6)31(37)23(4)16-17-27(33)20-29(35)22(3)13-10-11-14-30(36)38-32/h8-14,16-17,21-29,31-35,37H,1,15,18-20H2,2-7H3/b12-9-,13-10+,14-11-,17-16-/t21-,22+,23-,24-,25-,26-,27+,28?,29-,31-,32-/m0/s1. The summed E-state index contributed by atoms with van der Waals surface area (Å²) in [5.41, 5.74) is 0. The highest BCUT2D eigenvalue weighted by atomic mass is 16.5. The zero-order valence-corrected chi connectivity index (χ0v) is 24.2. The van der Waals surface area contributed by atoms with Gasteiger partial charge in [0, 0.05) is 36.2 Å². The van der Waals surface area contributed by atoms with E-state index >= 15 is 0 Å². The van der Waals surface area contributed by atoms with Crippen molar-refractivity contribution in [3.63, 3.8) is 0 Å². The predicted octanol–water partition coefficient (Wildman–Crippen LogP) is 5.14. The number of esters is 1. The number of aliphatic hydroxyl groups excluding tert-OH is 4. The fourth-order valence-corrected chi connectivity index (χ4v) is 5.04. The Morgan fingerprint density at radius 3 is 2.26 bits per heavy atom. The second-order valence-electron chi connectivity index (χ2n) is 11.4. The largest absolute Gasteiger partial charge is 0.458 e. The molecule has 0 fully saturated rings. The smallest absolute Gasteiger partial charge is 0.331 e. The summed E-state index contributed by atoms with van der Waals surface area (Å²) in [7, 11) is 0. The number of carbonyl (C=O) groups excluding carboxylic acids is 1. The van der Waals surface area contributed by atoms with E-state index in [1.807, 2.05) is 52.8 Å². The summed E-state index contributed by atoms with van der Waals surface area (Å²) < 4.78 is 5.81. The summed E-state index contributed by atoms with van der Waals surface area (Å²) in [5, 5.41) is 42.7. The van der Waals surface area contributed by atoms with Crippen LogP contribution < -0.4 is 0 Å². The zero-order chi connectivity index (χ0) is 28.8. The van der Waals surface area contributed by atoms with Crippen LogP contribution >= 0.6 is 0 Å². The highest BCUT2D eigenvalue weighted by Gasteiger charge is 2.31. The molecule has 0 spiro atoms. The Kier molecular flexibility index (Phi) is 15.7. The normalized spacial score (nSPS) is 40.7. The van der Waals surface area contributed by atoms with E-state index in [9.17, 15) is 25.2 Å². The molecule has 6 heteroatoms. The van der Waals surface area contributed by atoms with Crippen molar-refractivity contribution in [3.8, 4) is 0 Å². The number of ether oxygens (including phenoxy) is 1. The van der Waals surface area contributed by atoms with E-state index in [-0.39, 0.29) is 41.9 Å². The molecule has 1 aliphatic rings. The van der Waals surface area contributed by atoms with Crippen LogP contribution in [0, 0.1) is 35.5 Å². The molecule has 1 unspecified atom stereocenters. The summed E-state index contributed by atoms with van der Waals surface area (Å²) in [5.74, 6) is -0.976. The molecule has 38 heavy (non-hydrogen) atoms. The molecule has 1 aliphatic heterocycles. The van der Waals surface area contributed by atoms with E-state index in [2.05, 4.69) is 13.5 Å². The maximum atomic E-state index is 12.6. The van der Waals surface area contributed by atoms with Gasteiger partial charge in [0.05, 0.1) is 24.4 Å². The van der Waals surface area contributed by atoms with Crippen LogP contribution in [0.1, 0.15) is 67.2 Å². The summed E-state index contributed by atoms with van der Waals surface area (Å²) in [6.07, 6.45) is 14.2. The van der Waals surface area contributed by atoms with Crippen molar-refractivity contribution >= 4 is 5.97 Å². The average molecular weight is 533 g/mol. The molecular weight excluding hydrogens is 480 g/mol. The molecule has 0 aromatic carbocycles. The molecule has 0 saturated heterocycles. The van der Waals surface area contributed by atoms with Crippen LogP contribution in [0.5, 0.6) is 0 Å². The molecule has 0 aromatic rings. The first-order valence-corrected chi connectivity index (χ1v) is 14.1. The first kappa shape index (κ1) is 34.0. The molecule has 4 N–H and O–H groups in total. The van der Waals surface area contributed by atoms with Gasteiger partial charge in [0.1, 0.15) is 6.10 Å². The van der Waals surface area contributed by atoms with Gasteiger partial charge < -0.3 is 25.2 Å². The van der Waals surface area contributed by atoms with Gasteiger partial charge in [0.15, 0.2) is 0 Å². The van der Waals surface area contributed by atoms with Crippen LogP contribution in [0.2, 0.25) is 0 Å². The lowest BCUT2D eigenvalue weighted by Crippen LogP contribution is -2.37. The van der Waals surface area contributed by atoms with Crippen LogP contribution in [-0.2, 0) is 9.53 Å². The van der Waals surface area contributed by atoms with Gasteiger partial charge in [-0.1, -0.05) is 96.7 Å². The van der Waals surface area contributed by atoms with Gasteiger partial charge in [-0.05, 0) is 31.1 Å². The van der Waals surface area contributed by atoms with Gasteiger partial charge in [-0.3, -0.25) is 0 Å². The van der Waals surface area contributed by atoms with Gasteiger partial charge in [0.25, 0.3) is 0 Å². The van der Waals surface area contributed by atoms with Gasteiger partial charge in [-0.25, -0.2) is 4.79 Å². The number of rotatable bonds is 3. The SMILES string of the molecule is C=C/C=C\[C@H](C)[C@@H]1OC(=O)/C=C\C=C\[C@@H](C)[C@@H](O)C[C@H](O)/C=C\[C@H](C)[C@H](O)[C@@H](C)C[C@@H](C)CCC(O)[C@@H]1C. The van der Waals surface area contributed by atoms with Crippen molar-refractivity contribution in [3.05, 3.63) is 61.3 Å². The van der Waals surface area contributed by atoms with Crippen LogP contribution in [0.4, 0.5) is 0 Å². The third kappa shape index (κ3) is 12.2. The summed E-state index contributed by atoms with van der Waals surface area (Å²) in [6.45, 7) is 15.5. The minimum absolute atomic E-state index is 0.0366. The highest BCUT2D eigenvalue weighted by molar-refractivity contribution is 5.82. The van der Waals surface area contributed by atoms with Crippen molar-refractivity contribution in [2.24, 2.45) is 35.5 Å². The summed E-state index contributed by atoms with van der Waals surface area (Å²) in [4.78, 5) is 12.6. The Morgan fingerprint density at radius 1 is 0.921 bits per heavy atom. The van der Waals surface area contributed by atoms with E-state index in [1.54, 1.807) is 30.4 Å². The molecule has 0 saturated carbocycles. The van der Waals surface area contributed by atoms with Crippen molar-refractivity contribution in [2.45, 2.75) is 97.7 Å². The number of hydrogen-bond acceptors (Lipinski definition) is 6. The van der Waals surface area contributed by atoms with Crippen LogP contribution in [0.3, 0.4) is 0 Å². The number of hydrogen-bond donors (Lipinski definition) is 4. The fourth-order valence-electron chi connectivity index (χ4n) is 5.04. The Bertz CT molecular complexity index is 815. The number of cyclic esters (lactones) is 1. The first-order valence-electron chi connectivity index (χ1n) is 14.1. The lowest BCUT2D eigenvalue weighted by atomic mass is 9.82. The topological polar surface area (TPSA) is 107 Å². The molecule has 0 amide bonds. The minimum Gasteiger partial charge on any atom is -0.458 e. The second-order valence-corrected chi connectivity index (χ2v) is 11.4. The Morgan fingerprint density at radius 2 is 1.61 bits per heavy atom. The van der Waals surface area contributed by atoms with Crippen LogP contribution in [0.15, 0.2) is 61.3 Å². The maximum absolute atomic E-state index is 12.6. The van der Waals surface area contributed by atoms with E-state index in [0.29, 0.717) is 6.42 Å². The van der Waals surface area contributed by atoms with E-state index in [4.69, 9.17) is 4.74 Å². The van der Waals surface area contributed by atoms with Crippen molar-refractivity contribution in [1.82, 2.24) is 0 Å². The molecule has 0 aliphatic carbocycles. The van der Waals surface area contributed by atoms with Crippen molar-refractivity contribution in [1.29, 1.82) is 0 Å². The number of allylic oxidation sites excluding steroid dienone is 4. The molecule has 1 rings (SSSR count). The van der Waals surface area contributed by atoms with Gasteiger partial charge in [-0.2, -0.15) is 0 Å². The van der Waals surface area contributed by atoms with Gasteiger partial charge >= 0.3 is 5.97 Å². The molecule has 11 atom stereocenters. The fraction of sp³-hybridized carbons (Fsp3) is 0.656. The molecule has 0 aromatic heterocycles. The highest BCUT2D eigenvalue weighted by Crippen LogP contribution is 2.28. The molecule has 6 nitrogen and oxygen atoms in total. The third-order valence-electron chi connectivity index (χ3n) is 7.78. The minimum atomic E-state index is -0.828. The quantitative estimate of drug-likeness (QED) is 0.228. The van der Waals surface area contributed by atoms with Crippen molar-refractivity contribution < 1.29 is 30.0 Å². The molecular formula is C32H52O6. The van der Waals surface area contributed by atoms with E-state index in [1.165, 1.54) is 6.08 Å². The molecule has 0 bridgehead atoms. The van der Waals surface area contributed by atoms with E-state index < -0.39 is 36.5 Å². The molecule has 216 valence electrons. The Labute approximate surface area is 230 Å². The van der Waals surface area contributed by atoms with Gasteiger partial charge in [0.2, 0.25) is 0 Å². The Balaban J connectivity index is 3.17. The first-order chi connectivity index (χ1) is 17.9. The monoisotopic (exact) mass is 532 g/mol. The molecule has 0 radical (unpaired) electrons. The molecule has 1 heterocycles. The lowest BCUT2D eigenvalue weighted by Gasteiger charge is -2.31. The van der Waals surface area contributed by atoms with Crippen LogP contribution in [0.25, 0.3) is 0 Å². The zero-order valence-electron chi connectivity index (χ0n) is 24.2. The predicted molar refractivity (Wildman–Crippen MR) is 154 cm³/mol. The average Bonchev–Trinajstić information content (AvgIpc) is 2.88. The van der Waals surface area contributed by atoms with E-state index in [0.717, 1.165) is 12.8 Å².